The molecule has 1 aliphatic heterocycles. The highest BCUT2D eigenvalue weighted by Gasteiger charge is 2.28. The van der Waals surface area contributed by atoms with Crippen molar-refractivity contribution in [3.05, 3.63) is 71.8 Å². The van der Waals surface area contributed by atoms with Crippen LogP contribution >= 0.6 is 0 Å². The standard InChI is InChI=1S/C22H20N2O5/c25-20(26)10-8-16-4-1-6-18(14-16)23-12-3-13-24(22(23)29)19-7-2-5-17(15-19)9-11-21(27)28/h1-2,4-11,14-15H,3,12-13H2,(H,25,26)(H,27,28)/b10-8+,11-9+. The molecule has 0 spiro atoms. The summed E-state index contributed by atoms with van der Waals surface area (Å²) in [4.78, 5) is 37.9. The highest BCUT2D eigenvalue weighted by atomic mass is 16.4. The molecule has 2 amide bonds. The molecule has 1 saturated heterocycles. The Bertz CT molecular complexity index is 919. The number of hydrogen-bond donors (Lipinski definition) is 2. The summed E-state index contributed by atoms with van der Waals surface area (Å²) in [7, 11) is 0. The number of amides is 2. The van der Waals surface area contributed by atoms with Crippen molar-refractivity contribution < 1.29 is 24.6 Å². The van der Waals surface area contributed by atoms with Crippen molar-refractivity contribution in [1.82, 2.24) is 0 Å². The van der Waals surface area contributed by atoms with E-state index in [1.807, 2.05) is 12.1 Å². The van der Waals surface area contributed by atoms with Crippen molar-refractivity contribution in [3.63, 3.8) is 0 Å². The lowest BCUT2D eigenvalue weighted by Crippen LogP contribution is -2.49. The topological polar surface area (TPSA) is 98.2 Å². The lowest BCUT2D eigenvalue weighted by atomic mass is 10.1. The van der Waals surface area contributed by atoms with Gasteiger partial charge in [-0.15, -0.1) is 0 Å². The molecule has 0 atom stereocenters. The van der Waals surface area contributed by atoms with E-state index in [4.69, 9.17) is 10.2 Å². The molecule has 1 aliphatic rings. The van der Waals surface area contributed by atoms with Crippen molar-refractivity contribution in [2.75, 3.05) is 22.9 Å². The SMILES string of the molecule is O=C(O)/C=C/c1cccc(N2CCCN(c3cccc(/C=C/C(=O)O)c3)C2=O)c1. The van der Waals surface area contributed by atoms with Crippen LogP contribution in [0.1, 0.15) is 17.5 Å². The van der Waals surface area contributed by atoms with Crippen LogP contribution < -0.4 is 9.80 Å². The van der Waals surface area contributed by atoms with Gasteiger partial charge in [0.25, 0.3) is 0 Å². The molecule has 3 rings (SSSR count). The Hall–Kier alpha value is -3.87. The summed E-state index contributed by atoms with van der Waals surface area (Å²) in [6, 6.07) is 14.1. The number of carboxylic acids is 2. The van der Waals surface area contributed by atoms with E-state index in [2.05, 4.69) is 0 Å². The Morgan fingerprint density at radius 2 is 1.24 bits per heavy atom. The number of rotatable bonds is 6. The Morgan fingerprint density at radius 3 is 1.66 bits per heavy atom. The molecule has 0 bridgehead atoms. The summed E-state index contributed by atoms with van der Waals surface area (Å²) in [5.41, 5.74) is 2.76. The van der Waals surface area contributed by atoms with Crippen LogP contribution in [0, 0.1) is 0 Å². The highest BCUT2D eigenvalue weighted by Crippen LogP contribution is 2.26. The Morgan fingerprint density at radius 1 is 0.793 bits per heavy atom. The maximum atomic E-state index is 13.1. The van der Waals surface area contributed by atoms with E-state index >= 15 is 0 Å². The lowest BCUT2D eigenvalue weighted by Gasteiger charge is -2.36. The molecule has 0 radical (unpaired) electrons. The number of aliphatic carboxylic acids is 2. The van der Waals surface area contributed by atoms with Crippen molar-refractivity contribution >= 4 is 41.5 Å². The number of nitrogens with zero attached hydrogens (tertiary/aromatic N) is 2. The van der Waals surface area contributed by atoms with Gasteiger partial charge in [-0.05, 0) is 54.0 Å². The summed E-state index contributed by atoms with van der Waals surface area (Å²) in [6.07, 6.45) is 5.84. The number of carbonyl (C=O) groups is 3. The summed E-state index contributed by atoms with van der Waals surface area (Å²) >= 11 is 0. The third-order valence-corrected chi connectivity index (χ3v) is 4.43. The van der Waals surface area contributed by atoms with Crippen LogP contribution in [-0.4, -0.2) is 41.3 Å². The van der Waals surface area contributed by atoms with E-state index in [9.17, 15) is 14.4 Å². The second kappa shape index (κ2) is 8.88. The minimum absolute atomic E-state index is 0.185. The van der Waals surface area contributed by atoms with Crippen molar-refractivity contribution in [1.29, 1.82) is 0 Å². The van der Waals surface area contributed by atoms with Crippen molar-refractivity contribution in [2.24, 2.45) is 0 Å². The van der Waals surface area contributed by atoms with Gasteiger partial charge in [0.15, 0.2) is 0 Å². The van der Waals surface area contributed by atoms with Crippen LogP contribution in [-0.2, 0) is 9.59 Å². The van der Waals surface area contributed by atoms with Crippen LogP contribution in [0.2, 0.25) is 0 Å². The smallest absolute Gasteiger partial charge is 0.328 e. The van der Waals surface area contributed by atoms with Gasteiger partial charge in [-0.1, -0.05) is 24.3 Å². The fourth-order valence-electron chi connectivity index (χ4n) is 3.13. The average molecular weight is 392 g/mol. The molecule has 2 N–H and O–H groups in total. The minimum atomic E-state index is -1.03. The molecule has 148 valence electrons. The van der Waals surface area contributed by atoms with E-state index in [1.54, 1.807) is 46.2 Å². The minimum Gasteiger partial charge on any atom is -0.478 e. The fourth-order valence-corrected chi connectivity index (χ4v) is 3.13. The van der Waals surface area contributed by atoms with E-state index in [0.717, 1.165) is 18.6 Å². The molecule has 0 unspecified atom stereocenters. The quantitative estimate of drug-likeness (QED) is 0.730. The maximum absolute atomic E-state index is 13.1. The van der Waals surface area contributed by atoms with Crippen LogP contribution in [0.25, 0.3) is 12.2 Å². The van der Waals surface area contributed by atoms with Crippen LogP contribution in [0.15, 0.2) is 60.7 Å². The summed E-state index contributed by atoms with van der Waals surface area (Å²) in [6.45, 7) is 1.11. The zero-order valence-electron chi connectivity index (χ0n) is 15.6. The van der Waals surface area contributed by atoms with Gasteiger partial charge in [-0.2, -0.15) is 0 Å². The normalized spacial score (nSPS) is 14.7. The molecular weight excluding hydrogens is 372 g/mol. The Balaban J connectivity index is 1.84. The molecule has 1 heterocycles. The average Bonchev–Trinajstić information content (AvgIpc) is 2.71. The first-order chi connectivity index (χ1) is 13.9. The number of benzene rings is 2. The van der Waals surface area contributed by atoms with Gasteiger partial charge in [0.05, 0.1) is 0 Å². The van der Waals surface area contributed by atoms with Gasteiger partial charge in [0, 0.05) is 36.6 Å². The van der Waals surface area contributed by atoms with Crippen LogP contribution in [0.3, 0.4) is 0 Å². The van der Waals surface area contributed by atoms with Crippen molar-refractivity contribution in [2.45, 2.75) is 6.42 Å². The van der Waals surface area contributed by atoms with E-state index in [1.165, 1.54) is 12.2 Å². The first kappa shape index (κ1) is 19.9. The van der Waals surface area contributed by atoms with Gasteiger partial charge < -0.3 is 10.2 Å². The number of carbonyl (C=O) groups excluding carboxylic acids is 1. The van der Waals surface area contributed by atoms with Crippen LogP contribution in [0.5, 0.6) is 0 Å². The molecule has 0 aliphatic carbocycles. The van der Waals surface area contributed by atoms with E-state index < -0.39 is 11.9 Å². The third-order valence-electron chi connectivity index (χ3n) is 4.43. The molecule has 7 nitrogen and oxygen atoms in total. The predicted molar refractivity (Wildman–Crippen MR) is 111 cm³/mol. The molecule has 2 aromatic rings. The van der Waals surface area contributed by atoms with Gasteiger partial charge in [0.2, 0.25) is 0 Å². The van der Waals surface area contributed by atoms with Gasteiger partial charge in [0.1, 0.15) is 0 Å². The second-order valence-electron chi connectivity index (χ2n) is 6.47. The Kier molecular flexibility index (Phi) is 6.09. The predicted octanol–water partition coefficient (Wildman–Crippen LogP) is 3.72. The van der Waals surface area contributed by atoms with E-state index in [-0.39, 0.29) is 6.03 Å². The molecule has 2 aromatic carbocycles. The van der Waals surface area contributed by atoms with Gasteiger partial charge >= 0.3 is 18.0 Å². The fraction of sp³-hybridized carbons (Fsp3) is 0.136. The van der Waals surface area contributed by atoms with E-state index in [0.29, 0.717) is 35.6 Å². The monoisotopic (exact) mass is 392 g/mol. The zero-order valence-corrected chi connectivity index (χ0v) is 15.6. The number of urea groups is 1. The lowest BCUT2D eigenvalue weighted by molar-refractivity contribution is -0.132. The zero-order chi connectivity index (χ0) is 20.8. The molecule has 7 heteroatoms. The maximum Gasteiger partial charge on any atom is 0.328 e. The first-order valence-corrected chi connectivity index (χ1v) is 9.05. The molecule has 1 fully saturated rings. The molecule has 0 saturated carbocycles. The van der Waals surface area contributed by atoms with Crippen LogP contribution in [0.4, 0.5) is 16.2 Å². The Labute approximate surface area is 167 Å². The molecule has 29 heavy (non-hydrogen) atoms. The molecule has 0 aromatic heterocycles. The van der Waals surface area contributed by atoms with Crippen molar-refractivity contribution in [3.8, 4) is 0 Å². The largest absolute Gasteiger partial charge is 0.478 e. The summed E-state index contributed by atoms with van der Waals surface area (Å²) < 4.78 is 0. The summed E-state index contributed by atoms with van der Waals surface area (Å²) in [5, 5.41) is 17.6. The number of carboxylic acid groups (broad SMARTS) is 2. The number of anilines is 2. The van der Waals surface area contributed by atoms with Gasteiger partial charge in [-0.25, -0.2) is 14.4 Å². The second-order valence-corrected chi connectivity index (χ2v) is 6.47. The third kappa shape index (κ3) is 5.10. The van der Waals surface area contributed by atoms with Gasteiger partial charge in [-0.3, -0.25) is 9.80 Å². The number of hydrogen-bond acceptors (Lipinski definition) is 3. The molecular formula is C22H20N2O5. The summed E-state index contributed by atoms with van der Waals surface area (Å²) in [5.74, 6) is -2.07. The highest BCUT2D eigenvalue weighted by molar-refractivity contribution is 6.04. The first-order valence-electron chi connectivity index (χ1n) is 9.05.